The molecule has 1 heterocycles. The van der Waals surface area contributed by atoms with Crippen molar-refractivity contribution < 1.29 is 0 Å². The third-order valence-corrected chi connectivity index (χ3v) is 4.88. The van der Waals surface area contributed by atoms with Crippen molar-refractivity contribution in [3.8, 4) is 0 Å². The SMILES string of the molecule is Clc1ccc(N2CCNCC2c2ccccc2)cc1Br. The lowest BCUT2D eigenvalue weighted by Gasteiger charge is -2.38. The van der Waals surface area contributed by atoms with Crippen LogP contribution in [-0.2, 0) is 0 Å². The topological polar surface area (TPSA) is 15.3 Å². The summed E-state index contributed by atoms with van der Waals surface area (Å²) in [5.41, 5.74) is 2.54. The summed E-state index contributed by atoms with van der Waals surface area (Å²) in [5, 5.41) is 4.23. The van der Waals surface area contributed by atoms with Crippen molar-refractivity contribution in [2.75, 3.05) is 24.5 Å². The molecule has 1 atom stereocenters. The van der Waals surface area contributed by atoms with Crippen LogP contribution in [0.25, 0.3) is 0 Å². The van der Waals surface area contributed by atoms with Crippen LogP contribution in [0.4, 0.5) is 5.69 Å². The fraction of sp³-hybridized carbons (Fsp3) is 0.250. The third kappa shape index (κ3) is 2.85. The number of hydrogen-bond donors (Lipinski definition) is 1. The highest BCUT2D eigenvalue weighted by atomic mass is 79.9. The van der Waals surface area contributed by atoms with Gasteiger partial charge in [0.05, 0.1) is 11.1 Å². The van der Waals surface area contributed by atoms with Crippen LogP contribution in [0.15, 0.2) is 53.0 Å². The molecule has 1 saturated heterocycles. The fourth-order valence-electron chi connectivity index (χ4n) is 2.65. The molecule has 1 unspecified atom stereocenters. The highest BCUT2D eigenvalue weighted by molar-refractivity contribution is 9.10. The Morgan fingerprint density at radius 3 is 2.70 bits per heavy atom. The molecule has 4 heteroatoms. The summed E-state index contributed by atoms with van der Waals surface area (Å²) in [6.07, 6.45) is 0. The number of nitrogens with one attached hydrogen (secondary N) is 1. The lowest BCUT2D eigenvalue weighted by atomic mass is 10.0. The molecule has 0 radical (unpaired) electrons. The zero-order valence-electron chi connectivity index (χ0n) is 11.0. The van der Waals surface area contributed by atoms with Gasteiger partial charge >= 0.3 is 0 Å². The first kappa shape index (κ1) is 13.9. The summed E-state index contributed by atoms with van der Waals surface area (Å²) >= 11 is 9.61. The first-order valence-electron chi connectivity index (χ1n) is 6.73. The number of nitrogens with zero attached hydrogens (tertiary/aromatic N) is 1. The van der Waals surface area contributed by atoms with Crippen molar-refractivity contribution in [2.24, 2.45) is 0 Å². The van der Waals surface area contributed by atoms with E-state index < -0.39 is 0 Å². The highest BCUT2D eigenvalue weighted by Crippen LogP contribution is 2.32. The first-order chi connectivity index (χ1) is 9.75. The number of halogens is 2. The minimum absolute atomic E-state index is 0.359. The van der Waals surface area contributed by atoms with Crippen LogP contribution in [0, 0.1) is 0 Å². The normalized spacial score (nSPS) is 19.1. The van der Waals surface area contributed by atoms with E-state index in [0.29, 0.717) is 6.04 Å². The molecule has 0 bridgehead atoms. The summed E-state index contributed by atoms with van der Waals surface area (Å²) in [6.45, 7) is 2.96. The standard InChI is InChI=1S/C16H16BrClN2/c17-14-10-13(6-7-15(14)18)20-9-8-19-11-16(20)12-4-2-1-3-5-12/h1-7,10,16,19H,8-9,11H2. The Hall–Kier alpha value is -1.03. The van der Waals surface area contributed by atoms with E-state index in [9.17, 15) is 0 Å². The van der Waals surface area contributed by atoms with Crippen molar-refractivity contribution in [1.29, 1.82) is 0 Å². The second-order valence-corrected chi connectivity index (χ2v) is 6.18. The molecule has 0 saturated carbocycles. The van der Waals surface area contributed by atoms with Crippen LogP contribution in [0.1, 0.15) is 11.6 Å². The summed E-state index contributed by atoms with van der Waals surface area (Å²) in [4.78, 5) is 2.44. The Kier molecular flexibility index (Phi) is 4.29. The molecule has 20 heavy (non-hydrogen) atoms. The maximum absolute atomic E-state index is 6.10. The van der Waals surface area contributed by atoms with Gasteiger partial charge in [0.25, 0.3) is 0 Å². The maximum Gasteiger partial charge on any atom is 0.0667 e. The van der Waals surface area contributed by atoms with Crippen LogP contribution in [0.2, 0.25) is 5.02 Å². The van der Waals surface area contributed by atoms with Crippen LogP contribution in [0.5, 0.6) is 0 Å². The highest BCUT2D eigenvalue weighted by Gasteiger charge is 2.24. The quantitative estimate of drug-likeness (QED) is 0.870. The summed E-state index contributed by atoms with van der Waals surface area (Å²) in [7, 11) is 0. The van der Waals surface area contributed by atoms with E-state index in [1.54, 1.807) is 0 Å². The molecule has 0 amide bonds. The van der Waals surface area contributed by atoms with Crippen molar-refractivity contribution in [3.05, 3.63) is 63.6 Å². The van der Waals surface area contributed by atoms with Crippen molar-refractivity contribution in [1.82, 2.24) is 5.32 Å². The Labute approximate surface area is 132 Å². The second-order valence-electron chi connectivity index (χ2n) is 4.92. The van der Waals surface area contributed by atoms with Gasteiger partial charge in [0, 0.05) is 29.8 Å². The Balaban J connectivity index is 1.94. The zero-order valence-corrected chi connectivity index (χ0v) is 13.4. The summed E-state index contributed by atoms with van der Waals surface area (Å²) < 4.78 is 0.946. The van der Waals surface area contributed by atoms with Gasteiger partial charge in [-0.15, -0.1) is 0 Å². The van der Waals surface area contributed by atoms with Crippen LogP contribution >= 0.6 is 27.5 Å². The van der Waals surface area contributed by atoms with E-state index >= 15 is 0 Å². The largest absolute Gasteiger partial charge is 0.362 e. The van der Waals surface area contributed by atoms with Gasteiger partial charge in [-0.05, 0) is 39.7 Å². The molecule has 1 aliphatic heterocycles. The molecule has 1 aliphatic rings. The molecular formula is C16H16BrClN2. The van der Waals surface area contributed by atoms with E-state index in [2.05, 4.69) is 68.6 Å². The number of hydrogen-bond acceptors (Lipinski definition) is 2. The van der Waals surface area contributed by atoms with E-state index in [1.807, 2.05) is 6.07 Å². The minimum Gasteiger partial charge on any atom is -0.362 e. The lowest BCUT2D eigenvalue weighted by molar-refractivity contribution is 0.490. The van der Waals surface area contributed by atoms with Gasteiger partial charge in [-0.2, -0.15) is 0 Å². The second kappa shape index (κ2) is 6.17. The van der Waals surface area contributed by atoms with Gasteiger partial charge in [-0.25, -0.2) is 0 Å². The molecule has 0 aliphatic carbocycles. The van der Waals surface area contributed by atoms with E-state index in [1.165, 1.54) is 11.3 Å². The van der Waals surface area contributed by atoms with Crippen LogP contribution in [0.3, 0.4) is 0 Å². The first-order valence-corrected chi connectivity index (χ1v) is 7.90. The molecule has 2 nitrogen and oxygen atoms in total. The fourth-order valence-corrected chi connectivity index (χ4v) is 3.13. The molecule has 0 aromatic heterocycles. The zero-order chi connectivity index (χ0) is 13.9. The summed E-state index contributed by atoms with van der Waals surface area (Å²) in [6, 6.07) is 17.1. The van der Waals surface area contributed by atoms with Gasteiger partial charge in [-0.1, -0.05) is 41.9 Å². The average molecular weight is 352 g/mol. The number of anilines is 1. The molecule has 104 valence electrons. The molecule has 1 N–H and O–H groups in total. The lowest BCUT2D eigenvalue weighted by Crippen LogP contribution is -2.46. The Bertz CT molecular complexity index is 588. The molecule has 1 fully saturated rings. The van der Waals surface area contributed by atoms with E-state index in [-0.39, 0.29) is 0 Å². The smallest absolute Gasteiger partial charge is 0.0667 e. The molecule has 2 aromatic carbocycles. The number of piperazine rings is 1. The number of benzene rings is 2. The monoisotopic (exact) mass is 350 g/mol. The number of rotatable bonds is 2. The predicted molar refractivity (Wildman–Crippen MR) is 88.6 cm³/mol. The van der Waals surface area contributed by atoms with Crippen LogP contribution in [-0.4, -0.2) is 19.6 Å². The van der Waals surface area contributed by atoms with Gasteiger partial charge in [0.2, 0.25) is 0 Å². The van der Waals surface area contributed by atoms with Gasteiger partial charge in [0.15, 0.2) is 0 Å². The van der Waals surface area contributed by atoms with Crippen molar-refractivity contribution in [2.45, 2.75) is 6.04 Å². The van der Waals surface area contributed by atoms with Gasteiger partial charge < -0.3 is 10.2 Å². The minimum atomic E-state index is 0.359. The third-order valence-electron chi connectivity index (χ3n) is 3.66. The molecule has 2 aromatic rings. The van der Waals surface area contributed by atoms with Crippen molar-refractivity contribution >= 4 is 33.2 Å². The van der Waals surface area contributed by atoms with E-state index in [4.69, 9.17) is 11.6 Å². The summed E-state index contributed by atoms with van der Waals surface area (Å²) in [5.74, 6) is 0. The maximum atomic E-state index is 6.10. The van der Waals surface area contributed by atoms with E-state index in [0.717, 1.165) is 29.1 Å². The predicted octanol–water partition coefficient (Wildman–Crippen LogP) is 4.25. The van der Waals surface area contributed by atoms with Crippen LogP contribution < -0.4 is 10.2 Å². The van der Waals surface area contributed by atoms with Crippen molar-refractivity contribution in [3.63, 3.8) is 0 Å². The Morgan fingerprint density at radius 2 is 1.95 bits per heavy atom. The van der Waals surface area contributed by atoms with Gasteiger partial charge in [0.1, 0.15) is 0 Å². The average Bonchev–Trinajstić information content (AvgIpc) is 2.51. The molecular weight excluding hydrogens is 336 g/mol. The Morgan fingerprint density at radius 1 is 1.15 bits per heavy atom. The molecule has 3 rings (SSSR count). The van der Waals surface area contributed by atoms with Gasteiger partial charge in [-0.3, -0.25) is 0 Å². The molecule has 0 spiro atoms.